The van der Waals surface area contributed by atoms with Crippen LogP contribution in [0.15, 0.2) is 47.0 Å². The van der Waals surface area contributed by atoms with Crippen molar-refractivity contribution in [2.45, 2.75) is 85.3 Å². The molecule has 3 aromatic rings. The first-order valence-electron chi connectivity index (χ1n) is 15.0. The Morgan fingerprint density at radius 1 is 0.958 bits per heavy atom. The minimum absolute atomic E-state index is 0.0252. The molecule has 2 aromatic carbocycles. The quantitative estimate of drug-likeness (QED) is 0.128. The molecule has 0 fully saturated rings. The Morgan fingerprint density at radius 3 is 2.04 bits per heavy atom. The van der Waals surface area contributed by atoms with E-state index in [4.69, 9.17) is 4.99 Å². The van der Waals surface area contributed by atoms with Gasteiger partial charge in [0.1, 0.15) is 5.82 Å². The highest BCUT2D eigenvalue weighted by atomic mass is 19.4. The Labute approximate surface area is 272 Å². The van der Waals surface area contributed by atoms with E-state index in [1.165, 1.54) is 26.0 Å². The van der Waals surface area contributed by atoms with Gasteiger partial charge in [0, 0.05) is 28.2 Å². The lowest BCUT2D eigenvalue weighted by atomic mass is 9.77. The second kappa shape index (κ2) is 12.8. The Morgan fingerprint density at radius 2 is 1.52 bits per heavy atom. The Bertz CT molecular complexity index is 1800. The van der Waals surface area contributed by atoms with Gasteiger partial charge in [0.2, 0.25) is 0 Å². The summed E-state index contributed by atoms with van der Waals surface area (Å²) in [6, 6.07) is 9.11. The Balaban J connectivity index is 1.96. The summed E-state index contributed by atoms with van der Waals surface area (Å²) >= 11 is 0. The van der Waals surface area contributed by atoms with Gasteiger partial charge < -0.3 is 13.5 Å². The first kappa shape index (κ1) is 36.9. The van der Waals surface area contributed by atoms with Crippen LogP contribution in [-0.4, -0.2) is 54.0 Å². The van der Waals surface area contributed by atoms with E-state index in [9.17, 15) is 35.5 Å². The Hall–Kier alpha value is -3.97. The number of rotatable bonds is 9. The third kappa shape index (κ3) is 6.18. The molecule has 0 N–H and O–H groups in total. The molecule has 1 aromatic heterocycles. The molecular weight excluding hydrogens is 650 g/mol. The van der Waals surface area contributed by atoms with Gasteiger partial charge in [-0.15, -0.1) is 0 Å². The topological polar surface area (TPSA) is 43.6 Å². The smallest absolute Gasteiger partial charge is 0.455 e. The third-order valence-corrected chi connectivity index (χ3v) is 8.84. The van der Waals surface area contributed by atoms with Crippen LogP contribution < -0.4 is 0 Å². The number of hydrogen-bond acceptors (Lipinski definition) is 3. The van der Waals surface area contributed by atoms with Crippen molar-refractivity contribution >= 4 is 24.4 Å². The molecule has 1 aliphatic rings. The zero-order valence-electron chi connectivity index (χ0n) is 27.5. The number of aromatic nitrogens is 1. The van der Waals surface area contributed by atoms with E-state index < -0.39 is 61.1 Å². The number of esters is 1. The van der Waals surface area contributed by atoms with Gasteiger partial charge in [0.15, 0.2) is 6.61 Å². The van der Waals surface area contributed by atoms with Crippen molar-refractivity contribution in [2.75, 3.05) is 6.61 Å². The molecule has 0 radical (unpaired) electrons. The second-order valence-corrected chi connectivity index (χ2v) is 12.3. The van der Waals surface area contributed by atoms with Gasteiger partial charge in [-0.2, -0.15) is 30.7 Å². The monoisotopic (exact) mass is 684 g/mol. The normalized spacial score (nSPS) is 16.4. The minimum atomic E-state index is -6.61. The highest BCUT2D eigenvalue weighted by molar-refractivity contribution is 6.48. The molecule has 2 heterocycles. The van der Waals surface area contributed by atoms with Crippen LogP contribution in [-0.2, 0) is 4.74 Å². The van der Waals surface area contributed by atoms with Crippen molar-refractivity contribution < 1.29 is 49.0 Å². The average Bonchev–Trinajstić information content (AvgIpc) is 3.39. The second-order valence-electron chi connectivity index (χ2n) is 12.3. The standard InChI is InChI=1S/C34H34BF9N2O2/c1-16-13-17(2)25(18(3)14-16)28(29-19(4)26(21(6)45-29)23-11-9-10-12-24(23)36)30-20(5)27(22(7)46(30)35(8)44)31(47)48-15-32(37,38)33(39,40)34(41,42)43/h9-14,28-29H,15H2,1-8H3. The molecule has 0 spiro atoms. The molecule has 0 saturated carbocycles. The number of nitrogens with zero attached hydrogens (tertiary/aromatic N) is 2. The van der Waals surface area contributed by atoms with Gasteiger partial charge in [-0.05, 0) is 89.2 Å². The summed E-state index contributed by atoms with van der Waals surface area (Å²) in [6.07, 6.45) is -6.61. The number of ether oxygens (including phenoxy) is 1. The van der Waals surface area contributed by atoms with Crippen LogP contribution in [0.3, 0.4) is 0 Å². The number of aliphatic imine (C=N–C) groups is 1. The van der Waals surface area contributed by atoms with Crippen LogP contribution in [0.1, 0.15) is 74.9 Å². The van der Waals surface area contributed by atoms with Crippen molar-refractivity contribution in [1.29, 1.82) is 0 Å². The number of allylic oxidation sites excluding steroid dienone is 1. The van der Waals surface area contributed by atoms with E-state index in [1.807, 2.05) is 32.9 Å². The molecular formula is C34H34BF9N2O2. The van der Waals surface area contributed by atoms with Crippen LogP contribution in [0.4, 0.5) is 39.4 Å². The van der Waals surface area contributed by atoms with Gasteiger partial charge in [-0.25, -0.2) is 9.18 Å². The van der Waals surface area contributed by atoms with Crippen LogP contribution in [0.25, 0.3) is 5.57 Å². The predicted molar refractivity (Wildman–Crippen MR) is 167 cm³/mol. The number of hydrogen-bond donors (Lipinski definition) is 0. The highest BCUT2D eigenvalue weighted by Gasteiger charge is 2.73. The maximum atomic E-state index is 15.6. The van der Waals surface area contributed by atoms with E-state index in [0.29, 0.717) is 22.4 Å². The minimum Gasteiger partial charge on any atom is -0.455 e. The van der Waals surface area contributed by atoms with E-state index in [2.05, 4.69) is 4.74 Å². The summed E-state index contributed by atoms with van der Waals surface area (Å²) in [5.41, 5.74) is 4.68. The van der Waals surface area contributed by atoms with Gasteiger partial charge >= 0.3 is 31.1 Å². The number of aryl methyl sites for hydroxylation is 3. The van der Waals surface area contributed by atoms with Crippen LogP contribution in [0.2, 0.25) is 6.82 Å². The van der Waals surface area contributed by atoms with Crippen molar-refractivity contribution in [1.82, 2.24) is 4.48 Å². The first-order chi connectivity index (χ1) is 22.0. The SMILES string of the molecule is CB(F)n1c(C)c(C(=O)OCC(F)(F)C(F)(F)C(F)(F)F)c(C)c1C(c1c(C)cc(C)cc1C)C1N=C(C)C(c2ccccc2F)=C1C. The summed E-state index contributed by atoms with van der Waals surface area (Å²) in [7, 11) is -1.84. The van der Waals surface area contributed by atoms with E-state index >= 15 is 8.71 Å². The Kier molecular flexibility index (Phi) is 9.84. The largest absolute Gasteiger partial charge is 0.461 e. The summed E-state index contributed by atoms with van der Waals surface area (Å²) < 4.78 is 130. The zero-order chi connectivity index (χ0) is 36.3. The van der Waals surface area contributed by atoms with Crippen molar-refractivity contribution in [3.05, 3.63) is 98.1 Å². The molecule has 0 amide bonds. The summed E-state index contributed by atoms with van der Waals surface area (Å²) in [4.78, 5) is 18.2. The van der Waals surface area contributed by atoms with E-state index in [0.717, 1.165) is 28.0 Å². The fourth-order valence-corrected chi connectivity index (χ4v) is 6.87. The fourth-order valence-electron chi connectivity index (χ4n) is 6.87. The van der Waals surface area contributed by atoms with Gasteiger partial charge in [0.25, 0.3) is 0 Å². The van der Waals surface area contributed by atoms with Gasteiger partial charge in [-0.1, -0.05) is 35.9 Å². The van der Waals surface area contributed by atoms with E-state index in [1.54, 1.807) is 26.0 Å². The third-order valence-electron chi connectivity index (χ3n) is 8.84. The number of carbonyl (C=O) groups excluding carboxylic acids is 1. The predicted octanol–water partition coefficient (Wildman–Crippen LogP) is 9.54. The molecule has 4 rings (SSSR count). The van der Waals surface area contributed by atoms with Crippen molar-refractivity contribution in [3.63, 3.8) is 0 Å². The first-order valence-corrected chi connectivity index (χ1v) is 15.0. The number of alkyl halides is 7. The molecule has 0 aliphatic carbocycles. The van der Waals surface area contributed by atoms with Crippen molar-refractivity contribution in [3.8, 4) is 0 Å². The van der Waals surface area contributed by atoms with Crippen molar-refractivity contribution in [2.24, 2.45) is 4.99 Å². The van der Waals surface area contributed by atoms with Gasteiger partial charge in [0.05, 0.1) is 17.5 Å². The van der Waals surface area contributed by atoms with Crippen LogP contribution in [0, 0.1) is 40.4 Å². The molecule has 2 atom stereocenters. The average molecular weight is 684 g/mol. The lowest BCUT2D eigenvalue weighted by molar-refractivity contribution is -0.359. The molecule has 48 heavy (non-hydrogen) atoms. The molecule has 258 valence electrons. The molecule has 1 aliphatic heterocycles. The number of benzene rings is 2. The highest BCUT2D eigenvalue weighted by Crippen LogP contribution is 2.48. The summed E-state index contributed by atoms with van der Waals surface area (Å²) in [5.74, 6) is -15.3. The summed E-state index contributed by atoms with van der Waals surface area (Å²) in [5, 5.41) is 0. The molecule has 14 heteroatoms. The lowest BCUT2D eigenvalue weighted by Gasteiger charge is -2.30. The van der Waals surface area contributed by atoms with Crippen LogP contribution in [0.5, 0.6) is 0 Å². The fraction of sp³-hybridized carbons (Fsp3) is 0.412. The molecule has 0 saturated heterocycles. The maximum Gasteiger partial charge on any atom is 0.461 e. The zero-order valence-corrected chi connectivity index (χ0v) is 27.5. The molecule has 2 unspecified atom stereocenters. The molecule has 4 nitrogen and oxygen atoms in total. The maximum absolute atomic E-state index is 15.6. The number of carbonyl (C=O) groups is 1. The van der Waals surface area contributed by atoms with E-state index in [-0.39, 0.29) is 22.5 Å². The van der Waals surface area contributed by atoms with Crippen LogP contribution >= 0.6 is 0 Å². The summed E-state index contributed by atoms with van der Waals surface area (Å²) in [6.45, 7) is 10.2. The number of halogens is 9. The lowest BCUT2D eigenvalue weighted by Crippen LogP contribution is -2.54. The molecule has 0 bridgehead atoms. The van der Waals surface area contributed by atoms with Gasteiger partial charge in [-0.3, -0.25) is 4.99 Å².